The number of nitrogens with two attached hydrogens (primary N) is 1. The summed E-state index contributed by atoms with van der Waals surface area (Å²) in [6.07, 6.45) is 0. The van der Waals surface area contributed by atoms with Gasteiger partial charge in [-0.3, -0.25) is 14.4 Å². The first kappa shape index (κ1) is 30.7. The van der Waals surface area contributed by atoms with Crippen LogP contribution in [-0.4, -0.2) is 44.0 Å². The van der Waals surface area contributed by atoms with Gasteiger partial charge in [0.25, 0.3) is 5.91 Å². The number of carbonyl (C=O) groups excluding carboxylic acids is 3. The van der Waals surface area contributed by atoms with Crippen LogP contribution < -0.4 is 25.6 Å². The highest BCUT2D eigenvalue weighted by atomic mass is 79.9. The molecule has 0 bridgehead atoms. The first-order valence-electron chi connectivity index (χ1n) is 13.7. The number of fused-ring (bicyclic) bond motifs is 2. The van der Waals surface area contributed by atoms with Crippen LogP contribution in [0.4, 0.5) is 15.8 Å². The highest BCUT2D eigenvalue weighted by Crippen LogP contribution is 2.41. The van der Waals surface area contributed by atoms with E-state index in [-0.39, 0.29) is 29.9 Å². The van der Waals surface area contributed by atoms with Gasteiger partial charge in [-0.25, -0.2) is 4.39 Å². The van der Waals surface area contributed by atoms with Crippen LogP contribution in [0.2, 0.25) is 0 Å². The van der Waals surface area contributed by atoms with E-state index < -0.39 is 35.0 Å². The van der Waals surface area contributed by atoms with E-state index >= 15 is 0 Å². The monoisotopic (exact) mass is 657 g/mol. The van der Waals surface area contributed by atoms with Gasteiger partial charge in [-0.2, -0.15) is 5.26 Å². The highest BCUT2D eigenvalue weighted by molar-refractivity contribution is 9.10. The number of anilines is 2. The molecule has 1 aliphatic rings. The lowest BCUT2D eigenvalue weighted by Crippen LogP contribution is -2.63. The van der Waals surface area contributed by atoms with Crippen LogP contribution in [-0.2, 0) is 16.1 Å². The van der Waals surface area contributed by atoms with E-state index in [0.29, 0.717) is 17.0 Å². The number of halogens is 2. The van der Waals surface area contributed by atoms with E-state index in [1.54, 1.807) is 12.1 Å². The Kier molecular flexibility index (Phi) is 8.41. The number of carbonyl (C=O) groups is 3. The van der Waals surface area contributed by atoms with Gasteiger partial charge in [0.1, 0.15) is 17.1 Å². The predicted octanol–water partition coefficient (Wildman–Crippen LogP) is 4.89. The molecule has 0 aliphatic carbocycles. The van der Waals surface area contributed by atoms with Crippen LogP contribution in [0.5, 0.6) is 5.75 Å². The Balaban J connectivity index is 1.78. The number of likely N-dealkylation sites (N-methyl/N-ethyl adjacent to an activating group) is 1. The van der Waals surface area contributed by atoms with Crippen LogP contribution in [0, 0.1) is 23.1 Å². The van der Waals surface area contributed by atoms with Crippen molar-refractivity contribution in [2.75, 3.05) is 30.5 Å². The van der Waals surface area contributed by atoms with Gasteiger partial charge in [0.15, 0.2) is 0 Å². The molecule has 1 unspecified atom stereocenters. The van der Waals surface area contributed by atoms with Crippen molar-refractivity contribution in [2.24, 2.45) is 11.7 Å². The van der Waals surface area contributed by atoms with Gasteiger partial charge in [0, 0.05) is 22.1 Å². The lowest BCUT2D eigenvalue weighted by molar-refractivity contribution is -0.133. The Bertz CT molecular complexity index is 1840. The van der Waals surface area contributed by atoms with Crippen LogP contribution in [0.1, 0.15) is 28.4 Å². The van der Waals surface area contributed by atoms with Crippen molar-refractivity contribution in [2.45, 2.75) is 19.0 Å². The quantitative estimate of drug-likeness (QED) is 0.291. The van der Waals surface area contributed by atoms with Crippen molar-refractivity contribution in [3.8, 4) is 11.8 Å². The minimum Gasteiger partial charge on any atom is -0.496 e. The van der Waals surface area contributed by atoms with E-state index in [9.17, 15) is 24.0 Å². The van der Waals surface area contributed by atoms with Gasteiger partial charge < -0.3 is 25.6 Å². The molecular weight excluding hydrogens is 629 g/mol. The average Bonchev–Trinajstić information content (AvgIpc) is 3.14. The maximum Gasteiger partial charge on any atom is 0.258 e. The number of benzene rings is 4. The molecule has 0 aromatic heterocycles. The standard InChI is InChI=1S/C33H29BrFN5O4/c1-33(38-2,32(37)43)25-18-40(30(41)20-8-10-21(35)11-9-20)28-15-19(16-36)7-13-27(28)39(31(25)42)17-24-22-5-4-6-26(34)23(22)12-14-29(24)44-3/h4-15,25,38H,17-18H2,1-3H3,(H2,37,43)/t25?,33-/m0/s1. The molecule has 0 spiro atoms. The molecule has 0 fully saturated rings. The summed E-state index contributed by atoms with van der Waals surface area (Å²) in [5, 5.41) is 14.4. The summed E-state index contributed by atoms with van der Waals surface area (Å²) in [5.74, 6) is -2.96. The molecule has 3 N–H and O–H groups in total. The van der Waals surface area contributed by atoms with Crippen molar-refractivity contribution in [1.82, 2.24) is 5.32 Å². The van der Waals surface area contributed by atoms with E-state index in [2.05, 4.69) is 27.3 Å². The fraction of sp³-hybridized carbons (Fsp3) is 0.212. The number of rotatable bonds is 7. The smallest absolute Gasteiger partial charge is 0.258 e. The van der Waals surface area contributed by atoms with Gasteiger partial charge >= 0.3 is 0 Å². The molecule has 5 rings (SSSR count). The molecule has 4 aromatic carbocycles. The normalized spacial score (nSPS) is 16.1. The van der Waals surface area contributed by atoms with Gasteiger partial charge in [-0.15, -0.1) is 0 Å². The van der Waals surface area contributed by atoms with Crippen molar-refractivity contribution < 1.29 is 23.5 Å². The van der Waals surface area contributed by atoms with Crippen molar-refractivity contribution in [3.63, 3.8) is 0 Å². The predicted molar refractivity (Wildman–Crippen MR) is 169 cm³/mol. The fourth-order valence-corrected chi connectivity index (χ4v) is 6.08. The van der Waals surface area contributed by atoms with Crippen LogP contribution >= 0.6 is 15.9 Å². The Morgan fingerprint density at radius 2 is 1.84 bits per heavy atom. The molecule has 0 radical (unpaired) electrons. The maximum atomic E-state index is 14.7. The van der Waals surface area contributed by atoms with E-state index in [4.69, 9.17) is 10.5 Å². The third-order valence-corrected chi connectivity index (χ3v) is 8.98. The van der Waals surface area contributed by atoms with Crippen molar-refractivity contribution >= 4 is 55.8 Å². The van der Waals surface area contributed by atoms with Gasteiger partial charge in [-0.05, 0) is 85.4 Å². The molecule has 1 heterocycles. The molecule has 3 amide bonds. The maximum absolute atomic E-state index is 14.7. The summed E-state index contributed by atoms with van der Waals surface area (Å²) in [6.45, 7) is 1.26. The molecule has 224 valence electrons. The number of nitrogens with zero attached hydrogens (tertiary/aromatic N) is 3. The molecule has 0 saturated carbocycles. The minimum absolute atomic E-state index is 0.00232. The Morgan fingerprint density at radius 3 is 2.48 bits per heavy atom. The Hall–Kier alpha value is -4.79. The first-order chi connectivity index (χ1) is 21.0. The molecular formula is C33H29BrFN5O4. The third-order valence-electron chi connectivity index (χ3n) is 8.29. The molecule has 9 nitrogen and oxygen atoms in total. The summed E-state index contributed by atoms with van der Waals surface area (Å²) in [7, 11) is 3.06. The van der Waals surface area contributed by atoms with Gasteiger partial charge in [0.05, 0.1) is 42.6 Å². The topological polar surface area (TPSA) is 129 Å². The van der Waals surface area contributed by atoms with Crippen LogP contribution in [0.25, 0.3) is 10.8 Å². The summed E-state index contributed by atoms with van der Waals surface area (Å²) < 4.78 is 20.4. The zero-order valence-electron chi connectivity index (χ0n) is 24.2. The SMILES string of the molecule is CN[C@](C)(C(N)=O)C1CN(C(=O)c2ccc(F)cc2)c2cc(C#N)ccc2N(Cc2c(OC)ccc3c(Br)cccc23)C1=O. The van der Waals surface area contributed by atoms with E-state index in [1.165, 1.54) is 61.2 Å². The summed E-state index contributed by atoms with van der Waals surface area (Å²) >= 11 is 3.60. The van der Waals surface area contributed by atoms with Crippen molar-refractivity contribution in [3.05, 3.63) is 99.8 Å². The Morgan fingerprint density at radius 1 is 1.11 bits per heavy atom. The lowest BCUT2D eigenvalue weighted by atomic mass is 9.83. The number of amides is 3. The van der Waals surface area contributed by atoms with E-state index in [0.717, 1.165) is 15.2 Å². The molecule has 1 aliphatic heterocycles. The Labute approximate surface area is 262 Å². The number of ether oxygens (including phenoxy) is 1. The summed E-state index contributed by atoms with van der Waals surface area (Å²) in [4.78, 5) is 44.5. The summed E-state index contributed by atoms with van der Waals surface area (Å²) in [5.41, 5.74) is 6.01. The molecule has 11 heteroatoms. The number of nitrogens with one attached hydrogen (secondary N) is 1. The lowest BCUT2D eigenvalue weighted by Gasteiger charge is -2.36. The van der Waals surface area contributed by atoms with Gasteiger partial charge in [-0.1, -0.05) is 28.1 Å². The second kappa shape index (κ2) is 12.1. The van der Waals surface area contributed by atoms with Crippen molar-refractivity contribution in [1.29, 1.82) is 5.26 Å². The molecule has 4 aromatic rings. The summed E-state index contributed by atoms with van der Waals surface area (Å²) in [6, 6.07) is 21.2. The number of methoxy groups -OCH3 is 1. The average molecular weight is 659 g/mol. The third kappa shape index (κ3) is 5.27. The second-order valence-corrected chi connectivity index (χ2v) is 11.5. The molecule has 44 heavy (non-hydrogen) atoms. The number of hydrogen-bond donors (Lipinski definition) is 2. The van der Waals surface area contributed by atoms with Crippen LogP contribution in [0.3, 0.4) is 0 Å². The molecule has 0 saturated heterocycles. The fourth-order valence-electron chi connectivity index (χ4n) is 5.58. The van der Waals surface area contributed by atoms with Crippen LogP contribution in [0.15, 0.2) is 77.3 Å². The largest absolute Gasteiger partial charge is 0.496 e. The molecule has 2 atom stereocenters. The van der Waals surface area contributed by atoms with E-state index in [1.807, 2.05) is 30.3 Å². The number of primary amides is 1. The minimum atomic E-state index is -1.58. The zero-order chi connectivity index (χ0) is 31.8. The second-order valence-electron chi connectivity index (χ2n) is 10.6. The highest BCUT2D eigenvalue weighted by Gasteiger charge is 2.49. The zero-order valence-corrected chi connectivity index (χ0v) is 25.8. The number of nitriles is 1. The first-order valence-corrected chi connectivity index (χ1v) is 14.5. The number of hydrogen-bond acceptors (Lipinski definition) is 6. The van der Waals surface area contributed by atoms with Gasteiger partial charge in [0.2, 0.25) is 11.8 Å².